The molecule has 0 rings (SSSR count). The molecule has 0 spiro atoms. The smallest absolute Gasteiger partial charge is 0.0547 e. The van der Waals surface area contributed by atoms with E-state index in [-0.39, 0.29) is 0 Å². The highest BCUT2D eigenvalue weighted by Crippen LogP contribution is 1.90. The van der Waals surface area contributed by atoms with Crippen molar-refractivity contribution in [2.24, 2.45) is 9.98 Å². The van der Waals surface area contributed by atoms with Crippen LogP contribution in [-0.4, -0.2) is 12.9 Å². The fourth-order valence-corrected chi connectivity index (χ4v) is 0.307. The van der Waals surface area contributed by atoms with Gasteiger partial charge in [0.2, 0.25) is 0 Å². The highest BCUT2D eigenvalue weighted by molar-refractivity contribution is 5.57. The van der Waals surface area contributed by atoms with Gasteiger partial charge in [0.15, 0.2) is 0 Å². The predicted molar refractivity (Wildman–Crippen MR) is 42.1 cm³/mol. The number of allylic oxidation sites excluding steroid dienone is 1. The average molecular weight is 124 g/mol. The summed E-state index contributed by atoms with van der Waals surface area (Å²) in [5, 5.41) is 0. The van der Waals surface area contributed by atoms with E-state index in [2.05, 4.69) is 16.7 Å². The van der Waals surface area contributed by atoms with Gasteiger partial charge in [0.05, 0.1) is 5.70 Å². The van der Waals surface area contributed by atoms with Gasteiger partial charge in [-0.15, -0.1) is 0 Å². The van der Waals surface area contributed by atoms with E-state index in [4.69, 9.17) is 0 Å². The molecule has 0 saturated heterocycles. The summed E-state index contributed by atoms with van der Waals surface area (Å²) in [6.45, 7) is 7.24. The maximum Gasteiger partial charge on any atom is 0.0547 e. The highest BCUT2D eigenvalue weighted by atomic mass is 14.8. The molecule has 0 aromatic heterocycles. The summed E-state index contributed by atoms with van der Waals surface area (Å²) in [5.74, 6) is 0. The first-order valence-corrected chi connectivity index (χ1v) is 2.96. The molecule has 9 heavy (non-hydrogen) atoms. The summed E-state index contributed by atoms with van der Waals surface area (Å²) >= 11 is 0. The number of hydrogen-bond acceptors (Lipinski definition) is 2. The molecule has 0 radical (unpaired) electrons. The van der Waals surface area contributed by atoms with Gasteiger partial charge < -0.3 is 0 Å². The maximum atomic E-state index is 3.94. The summed E-state index contributed by atoms with van der Waals surface area (Å²) in [4.78, 5) is 7.60. The minimum atomic E-state index is 0.847. The van der Waals surface area contributed by atoms with Crippen LogP contribution in [0.25, 0.3) is 0 Å². The molecule has 0 atom stereocenters. The van der Waals surface area contributed by atoms with Gasteiger partial charge >= 0.3 is 0 Å². The number of hydrogen-bond donors (Lipinski definition) is 0. The zero-order valence-corrected chi connectivity index (χ0v) is 5.96. The van der Waals surface area contributed by atoms with Crippen LogP contribution >= 0.6 is 0 Å². The minimum absolute atomic E-state index is 0.847. The Balaban J connectivity index is 3.68. The van der Waals surface area contributed by atoms with Gasteiger partial charge in [0.25, 0.3) is 0 Å². The summed E-state index contributed by atoms with van der Waals surface area (Å²) in [7, 11) is 0. The Morgan fingerprint density at radius 2 is 2.33 bits per heavy atom. The van der Waals surface area contributed by atoms with Crippen molar-refractivity contribution in [3.8, 4) is 0 Å². The monoisotopic (exact) mass is 124 g/mol. The Kier molecular flexibility index (Phi) is 4.69. The molecule has 2 nitrogen and oxygen atoms in total. The van der Waals surface area contributed by atoms with E-state index >= 15 is 0 Å². The van der Waals surface area contributed by atoms with Gasteiger partial charge in [-0.25, -0.2) is 0 Å². The Bertz CT molecular complexity index is 134. The highest BCUT2D eigenvalue weighted by Gasteiger charge is 1.73. The molecule has 0 N–H and O–H groups in total. The molecule has 0 bridgehead atoms. The van der Waals surface area contributed by atoms with Crippen LogP contribution in [0.15, 0.2) is 21.9 Å². The minimum Gasteiger partial charge on any atom is -0.268 e. The lowest BCUT2D eigenvalue weighted by atomic mass is 10.5. The zero-order chi connectivity index (χ0) is 7.11. The van der Waals surface area contributed by atoms with Crippen LogP contribution in [0, 0.1) is 0 Å². The molecule has 2 heteroatoms. The van der Waals surface area contributed by atoms with Crippen molar-refractivity contribution in [3.63, 3.8) is 0 Å². The number of nitrogens with zero attached hydrogens (tertiary/aromatic N) is 2. The molecule has 0 fully saturated rings. The maximum absolute atomic E-state index is 3.94. The van der Waals surface area contributed by atoms with E-state index in [1.807, 2.05) is 20.1 Å². The van der Waals surface area contributed by atoms with Gasteiger partial charge in [-0.05, 0) is 20.1 Å². The van der Waals surface area contributed by atoms with E-state index in [1.54, 1.807) is 6.20 Å². The quantitative estimate of drug-likeness (QED) is 0.514. The molecular weight excluding hydrogens is 112 g/mol. The predicted octanol–water partition coefficient (Wildman–Crippen LogP) is 2.03. The largest absolute Gasteiger partial charge is 0.268 e. The van der Waals surface area contributed by atoms with Crippen molar-refractivity contribution in [1.29, 1.82) is 0 Å². The Morgan fingerprint density at radius 1 is 1.67 bits per heavy atom. The van der Waals surface area contributed by atoms with Crippen molar-refractivity contribution >= 4 is 12.9 Å². The van der Waals surface area contributed by atoms with Crippen molar-refractivity contribution in [3.05, 3.63) is 11.9 Å². The molecule has 0 aliphatic heterocycles. The third kappa shape index (κ3) is 4.94. The molecule has 0 saturated carbocycles. The Hall–Kier alpha value is -0.920. The molecular formula is C7H12N2. The van der Waals surface area contributed by atoms with Crippen molar-refractivity contribution in [1.82, 2.24) is 0 Å². The third-order valence-electron chi connectivity index (χ3n) is 0.799. The first kappa shape index (κ1) is 8.08. The van der Waals surface area contributed by atoms with Crippen LogP contribution in [-0.2, 0) is 0 Å². The van der Waals surface area contributed by atoms with Crippen LogP contribution < -0.4 is 0 Å². The zero-order valence-electron chi connectivity index (χ0n) is 5.96. The summed E-state index contributed by atoms with van der Waals surface area (Å²) < 4.78 is 0. The third-order valence-corrected chi connectivity index (χ3v) is 0.799. The van der Waals surface area contributed by atoms with Crippen molar-refractivity contribution in [2.45, 2.75) is 20.3 Å². The van der Waals surface area contributed by atoms with Crippen LogP contribution in [0.2, 0.25) is 0 Å². The average Bonchev–Trinajstić information content (AvgIpc) is 1.89. The first-order valence-electron chi connectivity index (χ1n) is 2.96. The van der Waals surface area contributed by atoms with Gasteiger partial charge in [-0.2, -0.15) is 0 Å². The lowest BCUT2D eigenvalue weighted by molar-refractivity contribution is 1.26. The SMILES string of the molecule is C=N/C(C)=C\N=CCC. The number of rotatable bonds is 3. The molecule has 0 aromatic carbocycles. The van der Waals surface area contributed by atoms with E-state index < -0.39 is 0 Å². The summed E-state index contributed by atoms with van der Waals surface area (Å²) in [6.07, 6.45) is 4.48. The second kappa shape index (κ2) is 5.22. The van der Waals surface area contributed by atoms with Crippen LogP contribution in [0.5, 0.6) is 0 Å². The lowest BCUT2D eigenvalue weighted by Crippen LogP contribution is -1.67. The molecule has 0 heterocycles. The summed E-state index contributed by atoms with van der Waals surface area (Å²) in [6, 6.07) is 0. The Morgan fingerprint density at radius 3 is 2.78 bits per heavy atom. The molecule has 0 unspecified atom stereocenters. The van der Waals surface area contributed by atoms with E-state index in [1.165, 1.54) is 0 Å². The van der Waals surface area contributed by atoms with Crippen molar-refractivity contribution < 1.29 is 0 Å². The molecule has 50 valence electrons. The van der Waals surface area contributed by atoms with Gasteiger partial charge in [-0.3, -0.25) is 9.98 Å². The van der Waals surface area contributed by atoms with Gasteiger partial charge in [-0.1, -0.05) is 6.92 Å². The van der Waals surface area contributed by atoms with Crippen LogP contribution in [0.1, 0.15) is 20.3 Å². The van der Waals surface area contributed by atoms with Crippen molar-refractivity contribution in [2.75, 3.05) is 0 Å². The van der Waals surface area contributed by atoms with E-state index in [0.717, 1.165) is 12.1 Å². The van der Waals surface area contributed by atoms with Gasteiger partial charge in [0, 0.05) is 12.4 Å². The molecule has 0 aromatic rings. The summed E-state index contributed by atoms with van der Waals surface area (Å²) in [5.41, 5.74) is 0.847. The number of aliphatic imine (C=N–C) groups is 2. The fraction of sp³-hybridized carbons (Fsp3) is 0.429. The molecule has 0 aliphatic rings. The van der Waals surface area contributed by atoms with Crippen LogP contribution in [0.4, 0.5) is 0 Å². The standard InChI is InChI=1S/C7H12N2/c1-4-5-9-6-7(2)8-3/h5-6H,3-4H2,1-2H3/b7-6-,9-5?. The van der Waals surface area contributed by atoms with Crippen LogP contribution in [0.3, 0.4) is 0 Å². The second-order valence-corrected chi connectivity index (χ2v) is 1.67. The fourth-order valence-electron chi connectivity index (χ4n) is 0.307. The molecule has 0 aliphatic carbocycles. The Labute approximate surface area is 56.0 Å². The van der Waals surface area contributed by atoms with E-state index in [0.29, 0.717) is 0 Å². The van der Waals surface area contributed by atoms with Gasteiger partial charge in [0.1, 0.15) is 0 Å². The molecule has 0 amide bonds. The first-order chi connectivity index (χ1) is 4.31. The lowest BCUT2D eigenvalue weighted by Gasteiger charge is -1.82. The topological polar surface area (TPSA) is 24.7 Å². The normalized spacial score (nSPS) is 12.4. The van der Waals surface area contributed by atoms with E-state index in [9.17, 15) is 0 Å². The second-order valence-electron chi connectivity index (χ2n) is 1.67.